The fourth-order valence-electron chi connectivity index (χ4n) is 15.4. The molecule has 0 bridgehead atoms. The van der Waals surface area contributed by atoms with Crippen molar-refractivity contribution in [2.75, 3.05) is 19.8 Å². The van der Waals surface area contributed by atoms with Crippen LogP contribution in [0.2, 0.25) is 0 Å². The van der Waals surface area contributed by atoms with Crippen LogP contribution in [0.4, 0.5) is 0 Å². The minimum atomic E-state index is -2.29. The Kier molecular flexibility index (Phi) is 14.7. The van der Waals surface area contributed by atoms with Gasteiger partial charge in [0, 0.05) is 5.92 Å². The number of aliphatic hydroxyl groups excluding tert-OH is 11. The van der Waals surface area contributed by atoms with Gasteiger partial charge in [-0.25, -0.2) is 0 Å². The van der Waals surface area contributed by atoms with Crippen LogP contribution in [-0.2, 0) is 23.7 Å². The second kappa shape index (κ2) is 18.4. The first-order valence-corrected chi connectivity index (χ1v) is 23.8. The quantitative estimate of drug-likeness (QED) is 0.122. The van der Waals surface area contributed by atoms with E-state index in [0.717, 1.165) is 25.7 Å². The zero-order chi connectivity index (χ0) is 47.2. The SMILES string of the molecule is CC(C)=CCC[C@](C)(O)[C@H]1CC[C@]2(C)C3CC(C)C4C(C)(C)C([C@@]5(O[C@@H]6OC[C@@H](O)[C@H](O)[C@H]6O)O[C@H](CO)[C@@H](O)[C@H](O)[C@H]5O[C@@H]5O[C@H](CO)[C@@H](O)[C@H](O)[C@H]5O)CC[C@]4(C)C3C[C@H](O)C12. The van der Waals surface area contributed by atoms with E-state index in [1.165, 1.54) is 5.57 Å². The van der Waals surface area contributed by atoms with Crippen LogP contribution < -0.4 is 0 Å². The lowest BCUT2D eigenvalue weighted by Gasteiger charge is -2.70. The summed E-state index contributed by atoms with van der Waals surface area (Å²) in [5, 5.41) is 134. The summed E-state index contributed by atoms with van der Waals surface area (Å²) in [5.74, 6) is -3.05. The summed E-state index contributed by atoms with van der Waals surface area (Å²) in [4.78, 5) is 0. The predicted octanol–water partition coefficient (Wildman–Crippen LogP) is 0.0617. The summed E-state index contributed by atoms with van der Waals surface area (Å²) < 4.78 is 31.4. The molecule has 0 aromatic heterocycles. The second-order valence-corrected chi connectivity index (χ2v) is 22.6. The minimum absolute atomic E-state index is 0.0529. The van der Waals surface area contributed by atoms with Crippen molar-refractivity contribution in [3.05, 3.63) is 11.6 Å². The van der Waals surface area contributed by atoms with Crippen LogP contribution >= 0.6 is 0 Å². The van der Waals surface area contributed by atoms with Crippen molar-refractivity contribution >= 4 is 0 Å². The molecule has 7 aliphatic rings. The Morgan fingerprint density at radius 2 is 1.34 bits per heavy atom. The second-order valence-electron chi connectivity index (χ2n) is 22.6. The summed E-state index contributed by atoms with van der Waals surface area (Å²) in [7, 11) is 0. The summed E-state index contributed by atoms with van der Waals surface area (Å²) >= 11 is 0. The van der Waals surface area contributed by atoms with Gasteiger partial charge in [-0.1, -0.05) is 46.3 Å². The maximum atomic E-state index is 12.4. The van der Waals surface area contributed by atoms with Gasteiger partial charge < -0.3 is 85.0 Å². The minimum Gasteiger partial charge on any atom is -0.394 e. The Labute approximate surface area is 377 Å². The lowest BCUT2D eigenvalue weighted by Crippen LogP contribution is -2.75. The molecule has 12 N–H and O–H groups in total. The molecule has 7 fully saturated rings. The molecule has 3 saturated heterocycles. The summed E-state index contributed by atoms with van der Waals surface area (Å²) in [5.41, 5.74) is -1.24. The average molecular weight is 917 g/mol. The van der Waals surface area contributed by atoms with Gasteiger partial charge in [-0.2, -0.15) is 0 Å². The molecule has 3 aliphatic heterocycles. The highest BCUT2D eigenvalue weighted by Gasteiger charge is 2.73. The third kappa shape index (κ3) is 8.28. The van der Waals surface area contributed by atoms with E-state index in [4.69, 9.17) is 23.7 Å². The van der Waals surface area contributed by atoms with E-state index in [1.54, 1.807) is 0 Å². The molecule has 7 rings (SSSR count). The van der Waals surface area contributed by atoms with Crippen LogP contribution in [0, 0.1) is 57.7 Å². The van der Waals surface area contributed by atoms with Crippen molar-refractivity contribution in [3.8, 4) is 0 Å². The molecule has 0 radical (unpaired) electrons. The zero-order valence-corrected chi connectivity index (χ0v) is 38.9. The van der Waals surface area contributed by atoms with E-state index < -0.39 is 128 Å². The van der Waals surface area contributed by atoms with Gasteiger partial charge in [0.05, 0.1) is 31.5 Å². The van der Waals surface area contributed by atoms with E-state index >= 15 is 0 Å². The molecule has 25 atom stereocenters. The molecule has 6 unspecified atom stereocenters. The van der Waals surface area contributed by atoms with Gasteiger partial charge in [0.15, 0.2) is 12.6 Å². The number of hydrogen-bond donors (Lipinski definition) is 12. The van der Waals surface area contributed by atoms with Crippen molar-refractivity contribution in [2.24, 2.45) is 57.7 Å². The van der Waals surface area contributed by atoms with Gasteiger partial charge in [-0.05, 0) is 124 Å². The van der Waals surface area contributed by atoms with E-state index in [2.05, 4.69) is 54.5 Å². The maximum Gasteiger partial charge on any atom is 0.204 e. The molecule has 3 heterocycles. The third-order valence-electron chi connectivity index (χ3n) is 18.2. The van der Waals surface area contributed by atoms with Crippen molar-refractivity contribution < 1.29 is 85.0 Å². The van der Waals surface area contributed by atoms with Crippen LogP contribution in [0.3, 0.4) is 0 Å². The van der Waals surface area contributed by atoms with E-state index in [1.807, 2.05) is 6.92 Å². The normalized spacial score (nSPS) is 53.7. The fraction of sp³-hybridized carbons (Fsp3) is 0.957. The maximum absolute atomic E-state index is 12.4. The van der Waals surface area contributed by atoms with Gasteiger partial charge in [-0.3, -0.25) is 0 Å². The number of fused-ring (bicyclic) bond motifs is 5. The Balaban J connectivity index is 1.28. The van der Waals surface area contributed by atoms with Gasteiger partial charge in [-0.15, -0.1) is 0 Å². The summed E-state index contributed by atoms with van der Waals surface area (Å²) in [6, 6.07) is 0. The Morgan fingerprint density at radius 1 is 0.734 bits per heavy atom. The van der Waals surface area contributed by atoms with Gasteiger partial charge in [0.2, 0.25) is 5.79 Å². The molecule has 4 aliphatic carbocycles. The van der Waals surface area contributed by atoms with Crippen molar-refractivity contribution in [2.45, 2.75) is 204 Å². The predicted molar refractivity (Wildman–Crippen MR) is 227 cm³/mol. The summed E-state index contributed by atoms with van der Waals surface area (Å²) in [6.45, 7) is 14.9. The molecule has 17 nitrogen and oxygen atoms in total. The van der Waals surface area contributed by atoms with Gasteiger partial charge in [0.25, 0.3) is 0 Å². The van der Waals surface area contributed by atoms with Crippen LogP contribution in [0.25, 0.3) is 0 Å². The lowest BCUT2D eigenvalue weighted by atomic mass is 9.36. The van der Waals surface area contributed by atoms with Crippen LogP contribution in [0.15, 0.2) is 11.6 Å². The van der Waals surface area contributed by atoms with Gasteiger partial charge >= 0.3 is 0 Å². The largest absolute Gasteiger partial charge is 0.394 e. The first-order chi connectivity index (χ1) is 29.8. The zero-order valence-electron chi connectivity index (χ0n) is 38.9. The van der Waals surface area contributed by atoms with Crippen molar-refractivity contribution in [1.29, 1.82) is 0 Å². The van der Waals surface area contributed by atoms with Gasteiger partial charge in [0.1, 0.15) is 67.1 Å². The number of hydrogen-bond acceptors (Lipinski definition) is 17. The molecular formula is C47H80O17. The number of aliphatic hydroxyl groups is 12. The third-order valence-corrected chi connectivity index (χ3v) is 18.2. The number of rotatable bonds is 11. The molecule has 0 spiro atoms. The number of allylic oxidation sites excluding steroid dienone is 2. The fourth-order valence-corrected chi connectivity index (χ4v) is 15.4. The van der Waals surface area contributed by atoms with E-state index in [9.17, 15) is 61.3 Å². The highest BCUT2D eigenvalue weighted by atomic mass is 16.8. The number of ether oxygens (including phenoxy) is 5. The van der Waals surface area contributed by atoms with Crippen molar-refractivity contribution in [3.63, 3.8) is 0 Å². The molecule has 17 heteroatoms. The van der Waals surface area contributed by atoms with E-state index in [-0.39, 0.29) is 46.3 Å². The van der Waals surface area contributed by atoms with Crippen LogP contribution in [0.1, 0.15) is 107 Å². The Hall–Kier alpha value is -0.940. The molecule has 0 aromatic rings. The average Bonchev–Trinajstić information content (AvgIpc) is 3.61. The van der Waals surface area contributed by atoms with Crippen LogP contribution in [-0.4, -0.2) is 178 Å². The Bertz CT molecular complexity index is 1640. The molecule has 370 valence electrons. The highest BCUT2D eigenvalue weighted by Crippen LogP contribution is 2.74. The summed E-state index contributed by atoms with van der Waals surface area (Å²) in [6.07, 6.45) is -15.9. The van der Waals surface area contributed by atoms with E-state index in [0.29, 0.717) is 25.7 Å². The first kappa shape index (κ1) is 50.9. The molecule has 0 aromatic carbocycles. The van der Waals surface area contributed by atoms with Crippen molar-refractivity contribution in [1.82, 2.24) is 0 Å². The Morgan fingerprint density at radius 3 is 1.98 bits per heavy atom. The smallest absolute Gasteiger partial charge is 0.204 e. The highest BCUT2D eigenvalue weighted by molar-refractivity contribution is 5.19. The molecular weight excluding hydrogens is 836 g/mol. The lowest BCUT2D eigenvalue weighted by molar-refractivity contribution is -0.461. The monoisotopic (exact) mass is 917 g/mol. The first-order valence-electron chi connectivity index (χ1n) is 23.8. The topological polar surface area (TPSA) is 289 Å². The standard InChI is InChI=1S/C47H80O17/c1-21(2)10-9-13-46(8,59)23-11-14-44(6)24-16-22(3)39-43(4,5)30(12-15-45(39,7)25(24)17-26(50)31(23)44)47(64-41-37(57)32(52)27(51)20-60-41)40(36(56)34(54)29(19-49)63-47)62-42-38(58)35(55)33(53)28(18-48)61-42/h10,22-42,48-59H,9,11-20H2,1-8H3/t22?,23-,24?,25?,26-,27+,28+,29+,30?,31?,32-,33+,34+,35-,36-,37+,38+,39?,40+,41-,42-,44+,45+,46-,47-/m0/s1. The van der Waals surface area contributed by atoms with Crippen LogP contribution in [0.5, 0.6) is 0 Å². The molecule has 0 amide bonds. The molecule has 4 saturated carbocycles. The molecule has 64 heavy (non-hydrogen) atoms.